The van der Waals surface area contributed by atoms with Gasteiger partial charge in [-0.1, -0.05) is 6.92 Å². The number of aromatic nitrogens is 1. The molecule has 6 nitrogen and oxygen atoms in total. The average Bonchev–Trinajstić information content (AvgIpc) is 2.39. The van der Waals surface area contributed by atoms with Crippen molar-refractivity contribution in [2.75, 3.05) is 11.9 Å². The van der Waals surface area contributed by atoms with Crippen molar-refractivity contribution in [1.82, 2.24) is 9.88 Å². The van der Waals surface area contributed by atoms with E-state index >= 15 is 0 Å². The first-order valence-electron chi connectivity index (χ1n) is 6.26. The standard InChI is InChI=1S/C13H19N3O3/c1-4-9(3)16(5-2)13(19)15-10-6-7-11(12(17)18)14-8-10/h6-9H,4-5H2,1-3H3,(H,15,19)(H,17,18). The van der Waals surface area contributed by atoms with Crippen LogP contribution in [0.2, 0.25) is 0 Å². The Bertz CT molecular complexity index is 445. The first-order valence-corrected chi connectivity index (χ1v) is 6.26. The van der Waals surface area contributed by atoms with Crippen LogP contribution in [0.4, 0.5) is 10.5 Å². The summed E-state index contributed by atoms with van der Waals surface area (Å²) >= 11 is 0. The summed E-state index contributed by atoms with van der Waals surface area (Å²) in [5.74, 6) is -1.09. The molecule has 2 amide bonds. The Morgan fingerprint density at radius 3 is 2.53 bits per heavy atom. The number of carboxylic acids is 1. The number of nitrogens with zero attached hydrogens (tertiary/aromatic N) is 2. The lowest BCUT2D eigenvalue weighted by Crippen LogP contribution is -2.41. The van der Waals surface area contributed by atoms with Crippen molar-refractivity contribution < 1.29 is 14.7 Å². The van der Waals surface area contributed by atoms with Crippen LogP contribution in [0.1, 0.15) is 37.7 Å². The van der Waals surface area contributed by atoms with Crippen LogP contribution in [0.25, 0.3) is 0 Å². The number of aromatic carboxylic acids is 1. The number of hydrogen-bond acceptors (Lipinski definition) is 3. The van der Waals surface area contributed by atoms with Crippen molar-refractivity contribution in [3.05, 3.63) is 24.0 Å². The second kappa shape index (κ2) is 6.72. The lowest BCUT2D eigenvalue weighted by atomic mass is 10.2. The minimum absolute atomic E-state index is 0.0488. The summed E-state index contributed by atoms with van der Waals surface area (Å²) in [7, 11) is 0. The van der Waals surface area contributed by atoms with Crippen LogP contribution in [0.5, 0.6) is 0 Å². The number of carboxylic acid groups (broad SMARTS) is 1. The third-order valence-corrected chi connectivity index (χ3v) is 2.96. The number of amides is 2. The van der Waals surface area contributed by atoms with Gasteiger partial charge in [-0.05, 0) is 32.4 Å². The van der Waals surface area contributed by atoms with Gasteiger partial charge in [0, 0.05) is 12.6 Å². The van der Waals surface area contributed by atoms with Gasteiger partial charge in [0.2, 0.25) is 0 Å². The van der Waals surface area contributed by atoms with Gasteiger partial charge in [0.25, 0.3) is 0 Å². The molecule has 1 atom stereocenters. The molecule has 1 rings (SSSR count). The number of carbonyl (C=O) groups is 2. The van der Waals surface area contributed by atoms with Crippen molar-refractivity contribution in [2.45, 2.75) is 33.2 Å². The molecule has 0 saturated carbocycles. The Morgan fingerprint density at radius 2 is 2.11 bits per heavy atom. The lowest BCUT2D eigenvalue weighted by molar-refractivity contribution is 0.0690. The summed E-state index contributed by atoms with van der Waals surface area (Å²) in [6.07, 6.45) is 2.21. The summed E-state index contributed by atoms with van der Waals surface area (Å²) in [6, 6.07) is 2.83. The zero-order chi connectivity index (χ0) is 14.4. The van der Waals surface area contributed by atoms with Gasteiger partial charge in [-0.25, -0.2) is 14.6 Å². The molecule has 1 heterocycles. The predicted octanol–water partition coefficient (Wildman–Crippen LogP) is 2.43. The van der Waals surface area contributed by atoms with Gasteiger partial charge in [-0.3, -0.25) is 0 Å². The fraction of sp³-hybridized carbons (Fsp3) is 0.462. The maximum absolute atomic E-state index is 12.0. The molecule has 0 aliphatic heterocycles. The molecule has 0 spiro atoms. The molecular weight excluding hydrogens is 246 g/mol. The highest BCUT2D eigenvalue weighted by Gasteiger charge is 2.17. The number of pyridine rings is 1. The normalized spacial score (nSPS) is 11.7. The number of nitrogens with one attached hydrogen (secondary N) is 1. The van der Waals surface area contributed by atoms with Gasteiger partial charge in [0.15, 0.2) is 0 Å². The van der Waals surface area contributed by atoms with Crippen LogP contribution in [0, 0.1) is 0 Å². The van der Waals surface area contributed by atoms with Crippen LogP contribution in [-0.4, -0.2) is 39.6 Å². The summed E-state index contributed by atoms with van der Waals surface area (Å²) < 4.78 is 0. The van der Waals surface area contributed by atoms with Gasteiger partial charge in [-0.2, -0.15) is 0 Å². The SMILES string of the molecule is CCC(C)N(CC)C(=O)Nc1ccc(C(=O)O)nc1. The molecule has 1 aromatic heterocycles. The Hall–Kier alpha value is -2.11. The molecule has 104 valence electrons. The van der Waals surface area contributed by atoms with Crippen molar-refractivity contribution in [2.24, 2.45) is 0 Å². The number of rotatable bonds is 5. The Kier molecular flexibility index (Phi) is 5.29. The smallest absolute Gasteiger partial charge is 0.354 e. The first kappa shape index (κ1) is 14.9. The largest absolute Gasteiger partial charge is 0.477 e. The van der Waals surface area contributed by atoms with E-state index < -0.39 is 5.97 Å². The second-order valence-electron chi connectivity index (χ2n) is 4.21. The Balaban J connectivity index is 2.73. The molecule has 1 unspecified atom stereocenters. The molecule has 0 aliphatic carbocycles. The van der Waals surface area contributed by atoms with Gasteiger partial charge in [0.1, 0.15) is 5.69 Å². The van der Waals surface area contributed by atoms with Crippen molar-refractivity contribution >= 4 is 17.7 Å². The molecule has 1 aromatic rings. The molecule has 6 heteroatoms. The highest BCUT2D eigenvalue weighted by Crippen LogP contribution is 2.10. The lowest BCUT2D eigenvalue weighted by Gasteiger charge is -2.27. The number of anilines is 1. The fourth-order valence-electron chi connectivity index (χ4n) is 1.67. The summed E-state index contributed by atoms with van der Waals surface area (Å²) in [5.41, 5.74) is 0.434. The number of hydrogen-bond donors (Lipinski definition) is 2. The van der Waals surface area contributed by atoms with Crippen molar-refractivity contribution in [1.29, 1.82) is 0 Å². The fourth-order valence-corrected chi connectivity index (χ4v) is 1.67. The van der Waals surface area contributed by atoms with Crippen LogP contribution in [0.3, 0.4) is 0 Å². The maximum atomic E-state index is 12.0. The minimum Gasteiger partial charge on any atom is -0.477 e. The molecule has 19 heavy (non-hydrogen) atoms. The maximum Gasteiger partial charge on any atom is 0.354 e. The zero-order valence-corrected chi connectivity index (χ0v) is 11.4. The minimum atomic E-state index is -1.09. The zero-order valence-electron chi connectivity index (χ0n) is 11.4. The van der Waals surface area contributed by atoms with Gasteiger partial charge < -0.3 is 15.3 Å². The van der Waals surface area contributed by atoms with E-state index in [2.05, 4.69) is 10.3 Å². The highest BCUT2D eigenvalue weighted by atomic mass is 16.4. The molecular formula is C13H19N3O3. The van der Waals surface area contributed by atoms with Crippen LogP contribution < -0.4 is 5.32 Å². The Morgan fingerprint density at radius 1 is 1.42 bits per heavy atom. The Labute approximate surface area is 112 Å². The first-order chi connectivity index (χ1) is 8.99. The van der Waals surface area contributed by atoms with Crippen LogP contribution in [-0.2, 0) is 0 Å². The number of carbonyl (C=O) groups excluding carboxylic acids is 1. The third kappa shape index (κ3) is 3.94. The van der Waals surface area contributed by atoms with E-state index in [1.165, 1.54) is 18.3 Å². The quantitative estimate of drug-likeness (QED) is 0.856. The van der Waals surface area contributed by atoms with Gasteiger partial charge in [0.05, 0.1) is 11.9 Å². The van der Waals surface area contributed by atoms with Crippen molar-refractivity contribution in [3.63, 3.8) is 0 Å². The predicted molar refractivity (Wildman–Crippen MR) is 72.3 cm³/mol. The molecule has 2 N–H and O–H groups in total. The molecule has 0 saturated heterocycles. The molecule has 0 fully saturated rings. The van der Waals surface area contributed by atoms with E-state index in [4.69, 9.17) is 5.11 Å². The van der Waals surface area contributed by atoms with Crippen LogP contribution >= 0.6 is 0 Å². The summed E-state index contributed by atoms with van der Waals surface area (Å²) in [4.78, 5) is 28.2. The molecule has 0 bridgehead atoms. The monoisotopic (exact) mass is 265 g/mol. The van der Waals surface area contributed by atoms with E-state index in [9.17, 15) is 9.59 Å². The summed E-state index contributed by atoms with van der Waals surface area (Å²) in [6.45, 7) is 6.53. The van der Waals surface area contributed by atoms with Gasteiger partial charge >= 0.3 is 12.0 Å². The molecule has 0 aromatic carbocycles. The third-order valence-electron chi connectivity index (χ3n) is 2.96. The topological polar surface area (TPSA) is 82.5 Å². The number of urea groups is 1. The van der Waals surface area contributed by atoms with Gasteiger partial charge in [-0.15, -0.1) is 0 Å². The second-order valence-corrected chi connectivity index (χ2v) is 4.21. The average molecular weight is 265 g/mol. The highest BCUT2D eigenvalue weighted by molar-refractivity contribution is 5.90. The van der Waals surface area contributed by atoms with Crippen LogP contribution in [0.15, 0.2) is 18.3 Å². The van der Waals surface area contributed by atoms with E-state index in [0.717, 1.165) is 6.42 Å². The molecule has 0 aliphatic rings. The van der Waals surface area contributed by atoms with E-state index in [0.29, 0.717) is 12.2 Å². The van der Waals surface area contributed by atoms with E-state index in [1.807, 2.05) is 20.8 Å². The summed E-state index contributed by atoms with van der Waals surface area (Å²) in [5, 5.41) is 11.4. The van der Waals surface area contributed by atoms with Crippen molar-refractivity contribution in [3.8, 4) is 0 Å². The van der Waals surface area contributed by atoms with E-state index in [1.54, 1.807) is 4.90 Å². The van der Waals surface area contributed by atoms with E-state index in [-0.39, 0.29) is 17.8 Å². The molecule has 0 radical (unpaired) electrons.